The Labute approximate surface area is 178 Å². The van der Waals surface area contributed by atoms with Crippen molar-refractivity contribution in [3.8, 4) is 0 Å². The summed E-state index contributed by atoms with van der Waals surface area (Å²) in [6, 6.07) is 14.5. The summed E-state index contributed by atoms with van der Waals surface area (Å²) in [6.45, 7) is 12.2. The van der Waals surface area contributed by atoms with E-state index < -0.39 is 0 Å². The van der Waals surface area contributed by atoms with Crippen LogP contribution in [0.3, 0.4) is 0 Å². The normalized spacial score (nSPS) is 17.4. The van der Waals surface area contributed by atoms with Crippen molar-refractivity contribution in [3.05, 3.63) is 87.2 Å². The second-order valence-electron chi connectivity index (χ2n) is 8.28. The number of halogens is 2. The van der Waals surface area contributed by atoms with Gasteiger partial charge in [-0.25, -0.2) is 0 Å². The van der Waals surface area contributed by atoms with Gasteiger partial charge in [-0.2, -0.15) is 0 Å². The van der Waals surface area contributed by atoms with E-state index in [1.165, 1.54) is 22.3 Å². The first-order valence-corrected chi connectivity index (χ1v) is 10.3. The third kappa shape index (κ3) is 4.92. The molecular weight excluding hydrogens is 389 g/mol. The number of ether oxygens (including phenoxy) is 1. The average molecular weight is 416 g/mol. The second-order valence-corrected chi connectivity index (χ2v) is 9.10. The minimum atomic E-state index is -0.278. The van der Waals surface area contributed by atoms with Crippen LogP contribution in [-0.4, -0.2) is 11.6 Å². The van der Waals surface area contributed by atoms with Crippen LogP contribution < -0.4 is 5.32 Å². The molecular formula is C24H27Cl2NO. The summed E-state index contributed by atoms with van der Waals surface area (Å²) in [6.07, 6.45) is 3.16. The van der Waals surface area contributed by atoms with Crippen molar-refractivity contribution in [2.45, 2.75) is 51.7 Å². The Morgan fingerprint density at radius 2 is 1.86 bits per heavy atom. The first-order chi connectivity index (χ1) is 13.1. The number of benzene rings is 2. The van der Waals surface area contributed by atoms with Gasteiger partial charge in [-0.15, -0.1) is 0 Å². The van der Waals surface area contributed by atoms with Crippen molar-refractivity contribution in [1.82, 2.24) is 5.32 Å². The van der Waals surface area contributed by atoms with Crippen LogP contribution in [0.4, 0.5) is 0 Å². The molecule has 0 heterocycles. The molecule has 0 fully saturated rings. The third-order valence-electron chi connectivity index (χ3n) is 4.86. The monoisotopic (exact) mass is 415 g/mol. The van der Waals surface area contributed by atoms with E-state index >= 15 is 0 Å². The quantitative estimate of drug-likeness (QED) is 0.522. The molecule has 0 aliphatic heterocycles. The molecule has 0 bridgehead atoms. The van der Waals surface area contributed by atoms with Crippen LogP contribution in [-0.2, 0) is 4.74 Å². The second kappa shape index (κ2) is 8.23. The van der Waals surface area contributed by atoms with E-state index in [0.717, 1.165) is 6.42 Å². The Morgan fingerprint density at radius 3 is 2.54 bits per heavy atom. The average Bonchev–Trinajstić information content (AvgIpc) is 2.61. The molecule has 0 amide bonds. The Kier molecular flexibility index (Phi) is 6.12. The topological polar surface area (TPSA) is 21.3 Å². The summed E-state index contributed by atoms with van der Waals surface area (Å²) in [4.78, 5) is 0. The number of rotatable bonds is 5. The lowest BCUT2D eigenvalue weighted by Crippen LogP contribution is -2.33. The zero-order valence-electron chi connectivity index (χ0n) is 16.9. The van der Waals surface area contributed by atoms with Crippen LogP contribution in [0.5, 0.6) is 0 Å². The highest BCUT2D eigenvalue weighted by Crippen LogP contribution is 2.40. The fourth-order valence-electron chi connectivity index (χ4n) is 3.63. The van der Waals surface area contributed by atoms with Crippen LogP contribution in [0.2, 0.25) is 10.0 Å². The van der Waals surface area contributed by atoms with E-state index in [4.69, 9.17) is 27.9 Å². The van der Waals surface area contributed by atoms with Crippen molar-refractivity contribution in [1.29, 1.82) is 0 Å². The minimum absolute atomic E-state index is 0.105. The lowest BCUT2D eigenvalue weighted by atomic mass is 9.77. The fraction of sp³-hybridized carbons (Fsp3) is 0.333. The molecule has 2 aromatic carbocycles. The van der Waals surface area contributed by atoms with E-state index in [0.29, 0.717) is 15.9 Å². The van der Waals surface area contributed by atoms with Crippen LogP contribution in [0.15, 0.2) is 60.5 Å². The van der Waals surface area contributed by atoms with Gasteiger partial charge in [-0.1, -0.05) is 59.6 Å². The summed E-state index contributed by atoms with van der Waals surface area (Å²) in [7, 11) is 0. The van der Waals surface area contributed by atoms with Gasteiger partial charge in [-0.3, -0.25) is 0 Å². The number of nitrogens with one attached hydrogen (secondary N) is 1. The van der Waals surface area contributed by atoms with Gasteiger partial charge < -0.3 is 10.1 Å². The summed E-state index contributed by atoms with van der Waals surface area (Å²) >= 11 is 12.4. The molecule has 1 aliphatic carbocycles. The van der Waals surface area contributed by atoms with Crippen molar-refractivity contribution in [3.63, 3.8) is 0 Å². The first kappa shape index (κ1) is 20.8. The lowest BCUT2D eigenvalue weighted by Gasteiger charge is -2.31. The standard InChI is InChI=1S/C24H27Cl2NO/c1-15(27-16(2)28-24(3,4)5)19-12-17-8-6-7-9-20(17)21(13-19)18-10-11-22(25)23(26)14-18/h6-12,14-15,21,27H,2,13H2,1,3-5H3/t15-,21+/m1/s1. The highest BCUT2D eigenvalue weighted by Gasteiger charge is 2.26. The van der Waals surface area contributed by atoms with Gasteiger partial charge in [0.25, 0.3) is 0 Å². The molecule has 0 aromatic heterocycles. The van der Waals surface area contributed by atoms with Crippen molar-refractivity contribution in [2.75, 3.05) is 0 Å². The van der Waals surface area contributed by atoms with E-state index in [2.05, 4.69) is 55.2 Å². The minimum Gasteiger partial charge on any atom is -0.474 e. The molecule has 0 spiro atoms. The van der Waals surface area contributed by atoms with Crippen molar-refractivity contribution >= 4 is 29.3 Å². The SMILES string of the molecule is C=C(N[C@H](C)C1=Cc2ccccc2[C@H](c2ccc(Cl)c(Cl)c2)C1)OC(C)(C)C. The van der Waals surface area contributed by atoms with Crippen LogP contribution in [0.25, 0.3) is 6.08 Å². The zero-order valence-corrected chi connectivity index (χ0v) is 18.4. The molecule has 1 N–H and O–H groups in total. The molecule has 148 valence electrons. The number of hydrogen-bond acceptors (Lipinski definition) is 2. The van der Waals surface area contributed by atoms with E-state index in [9.17, 15) is 0 Å². The first-order valence-electron chi connectivity index (χ1n) is 9.53. The maximum absolute atomic E-state index is 6.30. The van der Waals surface area contributed by atoms with Crippen molar-refractivity contribution in [2.24, 2.45) is 0 Å². The predicted molar refractivity (Wildman–Crippen MR) is 120 cm³/mol. The molecule has 2 aromatic rings. The van der Waals surface area contributed by atoms with Crippen LogP contribution in [0, 0.1) is 0 Å². The van der Waals surface area contributed by atoms with Gasteiger partial charge in [0.1, 0.15) is 5.60 Å². The van der Waals surface area contributed by atoms with E-state index in [-0.39, 0.29) is 17.6 Å². The highest BCUT2D eigenvalue weighted by molar-refractivity contribution is 6.42. The largest absolute Gasteiger partial charge is 0.474 e. The molecule has 0 saturated carbocycles. The van der Waals surface area contributed by atoms with Gasteiger partial charge in [0.15, 0.2) is 5.88 Å². The smallest absolute Gasteiger partial charge is 0.180 e. The van der Waals surface area contributed by atoms with Crippen molar-refractivity contribution < 1.29 is 4.74 Å². The van der Waals surface area contributed by atoms with Gasteiger partial charge in [-0.05, 0) is 75.1 Å². The molecule has 2 atom stereocenters. The Balaban J connectivity index is 1.89. The molecule has 1 aliphatic rings. The summed E-state index contributed by atoms with van der Waals surface area (Å²) in [5.41, 5.74) is 4.73. The van der Waals surface area contributed by atoms with Gasteiger partial charge >= 0.3 is 0 Å². The van der Waals surface area contributed by atoms with Crippen LogP contribution >= 0.6 is 23.2 Å². The maximum Gasteiger partial charge on any atom is 0.180 e. The third-order valence-corrected chi connectivity index (χ3v) is 5.60. The molecule has 0 saturated heterocycles. The van der Waals surface area contributed by atoms with Gasteiger partial charge in [0, 0.05) is 12.0 Å². The van der Waals surface area contributed by atoms with E-state index in [1.807, 2.05) is 32.9 Å². The summed E-state index contributed by atoms with van der Waals surface area (Å²) in [5.74, 6) is 0.817. The Bertz CT molecular complexity index is 911. The molecule has 0 unspecified atom stereocenters. The molecule has 0 radical (unpaired) electrons. The molecule has 3 rings (SSSR count). The van der Waals surface area contributed by atoms with E-state index in [1.54, 1.807) is 0 Å². The molecule has 4 heteroatoms. The predicted octanol–water partition coefficient (Wildman–Crippen LogP) is 7.18. The summed E-state index contributed by atoms with van der Waals surface area (Å²) in [5, 5.41) is 4.57. The van der Waals surface area contributed by atoms with Gasteiger partial charge in [0.2, 0.25) is 0 Å². The highest BCUT2D eigenvalue weighted by atomic mass is 35.5. The molecule has 2 nitrogen and oxygen atoms in total. The lowest BCUT2D eigenvalue weighted by molar-refractivity contribution is 0.0399. The number of hydrogen-bond donors (Lipinski definition) is 1. The summed E-state index contributed by atoms with van der Waals surface area (Å²) < 4.78 is 5.84. The maximum atomic E-state index is 6.30. The Morgan fingerprint density at radius 1 is 1.14 bits per heavy atom. The van der Waals surface area contributed by atoms with Gasteiger partial charge in [0.05, 0.1) is 10.0 Å². The number of fused-ring (bicyclic) bond motifs is 1. The van der Waals surface area contributed by atoms with Crippen LogP contribution in [0.1, 0.15) is 56.7 Å². The Hall–Kier alpha value is -1.90. The molecule has 28 heavy (non-hydrogen) atoms. The zero-order chi connectivity index (χ0) is 20.5. The fourth-order valence-corrected chi connectivity index (χ4v) is 3.93.